The first-order valence-corrected chi connectivity index (χ1v) is 4.08. The molecule has 0 radical (unpaired) electrons. The van der Waals surface area contributed by atoms with Gasteiger partial charge in [-0.15, -0.1) is 0 Å². The molecule has 0 aliphatic carbocycles. The van der Waals surface area contributed by atoms with Crippen LogP contribution in [0.2, 0.25) is 0 Å². The van der Waals surface area contributed by atoms with E-state index in [0.717, 1.165) is 5.56 Å². The summed E-state index contributed by atoms with van der Waals surface area (Å²) in [6.45, 7) is 1.81. The van der Waals surface area contributed by atoms with Crippen LogP contribution in [0.1, 0.15) is 21.5 Å². The van der Waals surface area contributed by atoms with E-state index in [1.54, 1.807) is 12.1 Å². The fraction of sp³-hybridized carbons (Fsp3) is 0.200. The molecule has 13 heavy (non-hydrogen) atoms. The molecule has 3 heteroatoms. The number of aliphatic imine (C=N–C) groups is 1. The number of hydrogen-bond acceptors (Lipinski definition) is 2. The van der Waals surface area contributed by atoms with Crippen molar-refractivity contribution in [3.63, 3.8) is 0 Å². The van der Waals surface area contributed by atoms with Crippen molar-refractivity contribution in [1.82, 2.24) is 0 Å². The third kappa shape index (κ3) is 1.13. The molecule has 0 saturated carbocycles. The monoisotopic (exact) mass is 175 g/mol. The molecule has 0 bridgehead atoms. The van der Waals surface area contributed by atoms with E-state index in [0.29, 0.717) is 17.5 Å². The number of carbonyl (C=O) groups excluding carboxylic acids is 1. The van der Waals surface area contributed by atoms with Crippen molar-refractivity contribution in [3.05, 3.63) is 28.8 Å². The lowest BCUT2D eigenvalue weighted by atomic mass is 9.98. The van der Waals surface area contributed by atoms with Crippen molar-refractivity contribution < 1.29 is 9.90 Å². The van der Waals surface area contributed by atoms with Crippen molar-refractivity contribution in [2.75, 3.05) is 0 Å². The zero-order chi connectivity index (χ0) is 9.42. The molecule has 0 fully saturated rings. The van der Waals surface area contributed by atoms with Gasteiger partial charge in [-0.2, -0.15) is 0 Å². The summed E-state index contributed by atoms with van der Waals surface area (Å²) in [5.41, 5.74) is 2.01. The van der Waals surface area contributed by atoms with Crippen LogP contribution in [0.5, 0.6) is 5.75 Å². The Labute approximate surface area is 75.7 Å². The summed E-state index contributed by atoms with van der Waals surface area (Å²) < 4.78 is 0. The van der Waals surface area contributed by atoms with Gasteiger partial charge in [-0.25, -0.2) is 4.99 Å². The topological polar surface area (TPSA) is 49.7 Å². The minimum absolute atomic E-state index is 0.219. The van der Waals surface area contributed by atoms with E-state index in [4.69, 9.17) is 0 Å². The lowest BCUT2D eigenvalue weighted by Crippen LogP contribution is -2.08. The predicted octanol–water partition coefficient (Wildman–Crippen LogP) is 1.47. The van der Waals surface area contributed by atoms with Crippen LogP contribution in [0.4, 0.5) is 0 Å². The summed E-state index contributed by atoms with van der Waals surface area (Å²) >= 11 is 0. The second-order valence-electron chi connectivity index (χ2n) is 3.08. The highest BCUT2D eigenvalue weighted by Gasteiger charge is 2.17. The van der Waals surface area contributed by atoms with E-state index >= 15 is 0 Å². The third-order valence-corrected chi connectivity index (χ3v) is 2.22. The van der Waals surface area contributed by atoms with Gasteiger partial charge >= 0.3 is 0 Å². The number of carbonyl (C=O) groups is 1. The van der Waals surface area contributed by atoms with Gasteiger partial charge in [0.05, 0.1) is 0 Å². The highest BCUT2D eigenvalue weighted by molar-refractivity contribution is 6.04. The molecular weight excluding hydrogens is 166 g/mol. The smallest absolute Gasteiger partial charge is 0.277 e. The van der Waals surface area contributed by atoms with E-state index in [1.807, 2.05) is 6.92 Å². The van der Waals surface area contributed by atoms with E-state index < -0.39 is 0 Å². The van der Waals surface area contributed by atoms with Gasteiger partial charge in [-0.05, 0) is 18.6 Å². The van der Waals surface area contributed by atoms with Crippen molar-refractivity contribution in [1.29, 1.82) is 0 Å². The maximum Gasteiger partial charge on any atom is 0.277 e. The molecular formula is C10H9NO2. The summed E-state index contributed by atoms with van der Waals surface area (Å²) in [6, 6.07) is 3.44. The summed E-state index contributed by atoms with van der Waals surface area (Å²) in [6.07, 6.45) is 2.07. The normalized spacial score (nSPS) is 14.4. The highest BCUT2D eigenvalue weighted by atomic mass is 16.3. The summed E-state index contributed by atoms with van der Waals surface area (Å²) in [4.78, 5) is 14.9. The van der Waals surface area contributed by atoms with Crippen LogP contribution in [-0.2, 0) is 6.42 Å². The van der Waals surface area contributed by atoms with Crippen molar-refractivity contribution in [2.45, 2.75) is 13.3 Å². The Morgan fingerprint density at radius 3 is 3.00 bits per heavy atom. The Balaban J connectivity index is 2.67. The average molecular weight is 175 g/mol. The SMILES string of the molecule is Cc1ccc2c(c1O)CC=NC2=O. The minimum Gasteiger partial charge on any atom is -0.507 e. The van der Waals surface area contributed by atoms with E-state index in [-0.39, 0.29) is 11.7 Å². The fourth-order valence-corrected chi connectivity index (χ4v) is 1.45. The first-order valence-electron chi connectivity index (χ1n) is 4.08. The summed E-state index contributed by atoms with van der Waals surface area (Å²) in [5, 5.41) is 9.65. The molecule has 1 heterocycles. The van der Waals surface area contributed by atoms with Gasteiger partial charge in [0.2, 0.25) is 0 Å². The Bertz CT molecular complexity index is 408. The number of nitrogens with zero attached hydrogens (tertiary/aromatic N) is 1. The lowest BCUT2D eigenvalue weighted by Gasteiger charge is -2.12. The Morgan fingerprint density at radius 1 is 1.46 bits per heavy atom. The van der Waals surface area contributed by atoms with Crippen LogP contribution < -0.4 is 0 Å². The molecule has 0 aromatic heterocycles. The molecule has 1 aliphatic heterocycles. The predicted molar refractivity (Wildman–Crippen MR) is 49.4 cm³/mol. The number of hydrogen-bond donors (Lipinski definition) is 1. The van der Waals surface area contributed by atoms with Crippen LogP contribution in [0.25, 0.3) is 0 Å². The molecule has 1 aromatic rings. The summed E-state index contributed by atoms with van der Waals surface area (Å²) in [7, 11) is 0. The number of phenolic OH excluding ortho intramolecular Hbond substituents is 1. The summed E-state index contributed by atoms with van der Waals surface area (Å²) in [5.74, 6) is -0.0476. The largest absolute Gasteiger partial charge is 0.507 e. The van der Waals surface area contributed by atoms with Crippen LogP contribution in [0, 0.1) is 6.92 Å². The number of fused-ring (bicyclic) bond motifs is 1. The minimum atomic E-state index is -0.267. The number of aromatic hydroxyl groups is 1. The van der Waals surface area contributed by atoms with Crippen molar-refractivity contribution in [2.24, 2.45) is 4.99 Å². The second kappa shape index (κ2) is 2.69. The van der Waals surface area contributed by atoms with Gasteiger partial charge in [-0.3, -0.25) is 4.79 Å². The Morgan fingerprint density at radius 2 is 2.23 bits per heavy atom. The van der Waals surface area contributed by atoms with Gasteiger partial charge in [0.25, 0.3) is 5.91 Å². The van der Waals surface area contributed by atoms with Crippen LogP contribution in [-0.4, -0.2) is 17.2 Å². The lowest BCUT2D eigenvalue weighted by molar-refractivity contribution is 0.100. The second-order valence-corrected chi connectivity index (χ2v) is 3.08. The molecule has 2 rings (SSSR count). The third-order valence-electron chi connectivity index (χ3n) is 2.22. The molecule has 66 valence electrons. The average Bonchev–Trinajstić information content (AvgIpc) is 2.12. The van der Waals surface area contributed by atoms with Gasteiger partial charge in [0.1, 0.15) is 5.75 Å². The van der Waals surface area contributed by atoms with E-state index in [2.05, 4.69) is 4.99 Å². The van der Waals surface area contributed by atoms with Crippen LogP contribution >= 0.6 is 0 Å². The molecule has 0 saturated heterocycles. The van der Waals surface area contributed by atoms with Crippen molar-refractivity contribution in [3.8, 4) is 5.75 Å². The van der Waals surface area contributed by atoms with Gasteiger partial charge < -0.3 is 5.11 Å². The molecule has 0 atom stereocenters. The molecule has 3 nitrogen and oxygen atoms in total. The highest BCUT2D eigenvalue weighted by Crippen LogP contribution is 2.27. The van der Waals surface area contributed by atoms with Crippen molar-refractivity contribution >= 4 is 12.1 Å². The Hall–Kier alpha value is -1.64. The number of amides is 1. The van der Waals surface area contributed by atoms with E-state index in [1.165, 1.54) is 6.21 Å². The first kappa shape index (κ1) is 7.98. The van der Waals surface area contributed by atoms with Gasteiger partial charge in [-0.1, -0.05) is 6.07 Å². The molecule has 1 amide bonds. The fourth-order valence-electron chi connectivity index (χ4n) is 1.45. The number of aryl methyl sites for hydroxylation is 1. The molecule has 0 spiro atoms. The van der Waals surface area contributed by atoms with Crippen LogP contribution in [0.3, 0.4) is 0 Å². The quantitative estimate of drug-likeness (QED) is 0.649. The zero-order valence-electron chi connectivity index (χ0n) is 7.24. The van der Waals surface area contributed by atoms with Gasteiger partial charge in [0.15, 0.2) is 0 Å². The standard InChI is InChI=1S/C10H9NO2/c1-6-2-3-8-7(9(6)12)4-5-11-10(8)13/h2-3,5,12H,4H2,1H3. The molecule has 1 N–H and O–H groups in total. The zero-order valence-corrected chi connectivity index (χ0v) is 7.24. The molecule has 1 aromatic carbocycles. The number of rotatable bonds is 0. The number of benzene rings is 1. The van der Waals surface area contributed by atoms with Crippen LogP contribution in [0.15, 0.2) is 17.1 Å². The number of phenols is 1. The van der Waals surface area contributed by atoms with Gasteiger partial charge in [0, 0.05) is 23.8 Å². The maximum absolute atomic E-state index is 11.2. The molecule has 0 unspecified atom stereocenters. The first-order chi connectivity index (χ1) is 6.20. The Kier molecular flexibility index (Phi) is 1.65. The molecule has 1 aliphatic rings. The maximum atomic E-state index is 11.2. The van der Waals surface area contributed by atoms with E-state index in [9.17, 15) is 9.90 Å².